The molecule has 0 saturated carbocycles. The minimum atomic E-state index is -0.954. The van der Waals surface area contributed by atoms with Gasteiger partial charge in [0.15, 0.2) is 0 Å². The largest absolute Gasteiger partial charge is 0.481 e. The number of carboxylic acids is 1. The van der Waals surface area contributed by atoms with E-state index in [0.717, 1.165) is 0 Å². The molecule has 3 atom stereocenters. The number of carbonyl (C=O) groups excluding carboxylic acids is 1. The molecule has 1 amide bonds. The number of aromatic nitrogens is 2. The van der Waals surface area contributed by atoms with Gasteiger partial charge in [-0.1, -0.05) is 0 Å². The number of carbonyl (C=O) groups is 2. The maximum atomic E-state index is 11.9. The van der Waals surface area contributed by atoms with Gasteiger partial charge in [-0.3, -0.25) is 14.3 Å². The molecule has 0 aromatic carbocycles. The number of aliphatic carboxylic acids is 1. The van der Waals surface area contributed by atoms with Crippen LogP contribution in [0.4, 0.5) is 0 Å². The van der Waals surface area contributed by atoms with Crippen LogP contribution < -0.4 is 5.32 Å². The monoisotopic (exact) mass is 253 g/mol. The van der Waals surface area contributed by atoms with Crippen LogP contribution in [-0.2, 0) is 14.3 Å². The predicted octanol–water partition coefficient (Wildman–Crippen LogP) is -0.340. The quantitative estimate of drug-likeness (QED) is 0.765. The first-order valence-corrected chi connectivity index (χ1v) is 5.69. The Labute approximate surface area is 104 Å². The highest BCUT2D eigenvalue weighted by atomic mass is 16.5. The number of amides is 1. The van der Waals surface area contributed by atoms with E-state index in [1.807, 2.05) is 0 Å². The van der Waals surface area contributed by atoms with Gasteiger partial charge < -0.3 is 15.2 Å². The predicted molar refractivity (Wildman–Crippen MR) is 60.8 cm³/mol. The molecule has 2 heterocycles. The van der Waals surface area contributed by atoms with Crippen LogP contribution in [-0.4, -0.2) is 46.0 Å². The van der Waals surface area contributed by atoms with Crippen LogP contribution >= 0.6 is 0 Å². The molecule has 1 aromatic heterocycles. The SMILES string of the molecule is CC(C(=O)NC1COCC1C(=O)O)n1cccn1. The molecule has 3 unspecified atom stereocenters. The maximum absolute atomic E-state index is 11.9. The second kappa shape index (κ2) is 5.18. The Morgan fingerprint density at radius 2 is 2.33 bits per heavy atom. The Bertz CT molecular complexity index is 432. The van der Waals surface area contributed by atoms with E-state index in [0.29, 0.717) is 0 Å². The molecule has 1 saturated heterocycles. The molecule has 0 radical (unpaired) electrons. The molecule has 0 spiro atoms. The van der Waals surface area contributed by atoms with Gasteiger partial charge in [-0.25, -0.2) is 0 Å². The van der Waals surface area contributed by atoms with E-state index in [1.54, 1.807) is 25.4 Å². The van der Waals surface area contributed by atoms with Gasteiger partial charge in [-0.2, -0.15) is 5.10 Å². The summed E-state index contributed by atoms with van der Waals surface area (Å²) in [5.74, 6) is -1.90. The van der Waals surface area contributed by atoms with E-state index in [-0.39, 0.29) is 19.1 Å². The van der Waals surface area contributed by atoms with Gasteiger partial charge in [0.25, 0.3) is 0 Å². The van der Waals surface area contributed by atoms with Gasteiger partial charge in [0, 0.05) is 12.4 Å². The number of ether oxygens (including phenoxy) is 1. The molecule has 1 aromatic rings. The lowest BCUT2D eigenvalue weighted by Gasteiger charge is -2.19. The lowest BCUT2D eigenvalue weighted by atomic mass is 10.0. The van der Waals surface area contributed by atoms with E-state index in [4.69, 9.17) is 9.84 Å². The number of nitrogens with zero attached hydrogens (tertiary/aromatic N) is 2. The van der Waals surface area contributed by atoms with Crippen LogP contribution in [0.2, 0.25) is 0 Å². The van der Waals surface area contributed by atoms with Crippen LogP contribution in [0.3, 0.4) is 0 Å². The van der Waals surface area contributed by atoms with Crippen molar-refractivity contribution in [2.24, 2.45) is 5.92 Å². The first-order chi connectivity index (χ1) is 8.59. The van der Waals surface area contributed by atoms with Crippen molar-refractivity contribution >= 4 is 11.9 Å². The van der Waals surface area contributed by atoms with Crippen molar-refractivity contribution in [3.05, 3.63) is 18.5 Å². The minimum absolute atomic E-state index is 0.135. The molecule has 1 aliphatic heterocycles. The van der Waals surface area contributed by atoms with E-state index >= 15 is 0 Å². The summed E-state index contributed by atoms with van der Waals surface area (Å²) in [6.45, 7) is 2.07. The second-order valence-corrected chi connectivity index (χ2v) is 4.26. The zero-order valence-electron chi connectivity index (χ0n) is 9.94. The smallest absolute Gasteiger partial charge is 0.311 e. The third-order valence-electron chi connectivity index (χ3n) is 3.03. The number of nitrogens with one attached hydrogen (secondary N) is 1. The molecule has 0 aliphatic carbocycles. The van der Waals surface area contributed by atoms with Crippen molar-refractivity contribution in [2.75, 3.05) is 13.2 Å². The summed E-state index contributed by atoms with van der Waals surface area (Å²) in [6, 6.07) is 0.769. The van der Waals surface area contributed by atoms with Gasteiger partial charge >= 0.3 is 5.97 Å². The standard InChI is InChI=1S/C11H15N3O4/c1-7(14-4-2-3-12-14)10(15)13-9-6-18-5-8(9)11(16)17/h2-4,7-9H,5-6H2,1H3,(H,13,15)(H,16,17). The number of carboxylic acid groups (broad SMARTS) is 1. The molecule has 1 fully saturated rings. The second-order valence-electron chi connectivity index (χ2n) is 4.26. The molecule has 98 valence electrons. The zero-order valence-corrected chi connectivity index (χ0v) is 9.94. The highest BCUT2D eigenvalue weighted by Crippen LogP contribution is 2.15. The van der Waals surface area contributed by atoms with Gasteiger partial charge in [0.05, 0.1) is 19.3 Å². The summed E-state index contributed by atoms with van der Waals surface area (Å²) in [7, 11) is 0. The Kier molecular flexibility index (Phi) is 3.61. The first-order valence-electron chi connectivity index (χ1n) is 5.69. The lowest BCUT2D eigenvalue weighted by Crippen LogP contribution is -2.45. The molecule has 0 bridgehead atoms. The van der Waals surface area contributed by atoms with Gasteiger partial charge in [-0.15, -0.1) is 0 Å². The highest BCUT2D eigenvalue weighted by molar-refractivity contribution is 5.81. The lowest BCUT2D eigenvalue weighted by molar-refractivity contribution is -0.142. The summed E-state index contributed by atoms with van der Waals surface area (Å²) < 4.78 is 6.60. The van der Waals surface area contributed by atoms with Crippen molar-refractivity contribution in [3.63, 3.8) is 0 Å². The molecule has 18 heavy (non-hydrogen) atoms. The van der Waals surface area contributed by atoms with Crippen LogP contribution in [0.1, 0.15) is 13.0 Å². The molecule has 1 aliphatic rings. The number of hydrogen-bond acceptors (Lipinski definition) is 4. The molecule has 7 nitrogen and oxygen atoms in total. The highest BCUT2D eigenvalue weighted by Gasteiger charge is 2.35. The molecule has 7 heteroatoms. The van der Waals surface area contributed by atoms with Gasteiger partial charge in [0.2, 0.25) is 5.91 Å². The third-order valence-corrected chi connectivity index (χ3v) is 3.03. The van der Waals surface area contributed by atoms with Crippen molar-refractivity contribution < 1.29 is 19.4 Å². The Morgan fingerprint density at radius 3 is 2.94 bits per heavy atom. The number of hydrogen-bond donors (Lipinski definition) is 2. The molecular weight excluding hydrogens is 238 g/mol. The van der Waals surface area contributed by atoms with Crippen LogP contribution in [0.5, 0.6) is 0 Å². The van der Waals surface area contributed by atoms with Gasteiger partial charge in [-0.05, 0) is 13.0 Å². The fourth-order valence-electron chi connectivity index (χ4n) is 1.87. The summed E-state index contributed by atoms with van der Waals surface area (Å²) in [4.78, 5) is 22.9. The van der Waals surface area contributed by atoms with Crippen molar-refractivity contribution in [1.82, 2.24) is 15.1 Å². The van der Waals surface area contributed by atoms with Crippen molar-refractivity contribution in [2.45, 2.75) is 19.0 Å². The fraction of sp³-hybridized carbons (Fsp3) is 0.545. The number of rotatable bonds is 4. The van der Waals surface area contributed by atoms with E-state index in [1.165, 1.54) is 4.68 Å². The third kappa shape index (κ3) is 2.51. The Morgan fingerprint density at radius 1 is 1.56 bits per heavy atom. The van der Waals surface area contributed by atoms with Crippen LogP contribution in [0.25, 0.3) is 0 Å². The molecule has 2 N–H and O–H groups in total. The Balaban J connectivity index is 1.97. The van der Waals surface area contributed by atoms with Crippen LogP contribution in [0, 0.1) is 5.92 Å². The summed E-state index contributed by atoms with van der Waals surface area (Å²) in [6.07, 6.45) is 3.27. The van der Waals surface area contributed by atoms with Gasteiger partial charge in [0.1, 0.15) is 12.0 Å². The van der Waals surface area contributed by atoms with E-state index < -0.39 is 24.0 Å². The Hall–Kier alpha value is -1.89. The maximum Gasteiger partial charge on any atom is 0.311 e. The average Bonchev–Trinajstić information content (AvgIpc) is 2.98. The normalized spacial score (nSPS) is 24.7. The summed E-state index contributed by atoms with van der Waals surface area (Å²) in [5, 5.41) is 15.6. The first kappa shape index (κ1) is 12.6. The van der Waals surface area contributed by atoms with E-state index in [2.05, 4.69) is 10.4 Å². The molecule has 2 rings (SSSR count). The molecular formula is C11H15N3O4. The van der Waals surface area contributed by atoms with Crippen molar-refractivity contribution in [1.29, 1.82) is 0 Å². The topological polar surface area (TPSA) is 93.5 Å². The summed E-state index contributed by atoms with van der Waals surface area (Å²) >= 11 is 0. The fourth-order valence-corrected chi connectivity index (χ4v) is 1.87. The van der Waals surface area contributed by atoms with Crippen molar-refractivity contribution in [3.8, 4) is 0 Å². The summed E-state index contributed by atoms with van der Waals surface area (Å²) in [5.41, 5.74) is 0. The van der Waals surface area contributed by atoms with Crippen LogP contribution in [0.15, 0.2) is 18.5 Å². The average molecular weight is 253 g/mol. The van der Waals surface area contributed by atoms with E-state index in [9.17, 15) is 9.59 Å². The zero-order chi connectivity index (χ0) is 13.1. The minimum Gasteiger partial charge on any atom is -0.481 e.